The maximum Gasteiger partial charge on any atom is 0.251 e. The monoisotopic (exact) mass is 256 g/mol. The van der Waals surface area contributed by atoms with Crippen LogP contribution < -0.4 is 11.1 Å². The number of H-pyrrole nitrogens is 1. The highest BCUT2D eigenvalue weighted by Crippen LogP contribution is 2.11. The molecule has 0 radical (unpaired) electrons. The molecule has 94 valence electrons. The SMILES string of the molecule is CC(C)(C)OCC(=O)Nc1[nH]ncc1C(N)=S. The van der Waals surface area contributed by atoms with E-state index in [2.05, 4.69) is 15.5 Å². The molecule has 0 aliphatic carbocycles. The zero-order valence-corrected chi connectivity index (χ0v) is 10.9. The summed E-state index contributed by atoms with van der Waals surface area (Å²) in [5, 5.41) is 8.96. The van der Waals surface area contributed by atoms with Gasteiger partial charge in [-0.15, -0.1) is 0 Å². The number of aromatic nitrogens is 2. The number of aromatic amines is 1. The van der Waals surface area contributed by atoms with Crippen LogP contribution in [-0.4, -0.2) is 33.3 Å². The first-order valence-electron chi connectivity index (χ1n) is 5.06. The summed E-state index contributed by atoms with van der Waals surface area (Å²) in [5.74, 6) is 0.0988. The summed E-state index contributed by atoms with van der Waals surface area (Å²) in [7, 11) is 0. The highest BCUT2D eigenvalue weighted by atomic mass is 32.1. The molecule has 4 N–H and O–H groups in total. The van der Waals surface area contributed by atoms with Crippen molar-refractivity contribution >= 4 is 28.9 Å². The molecule has 0 atom stereocenters. The summed E-state index contributed by atoms with van der Waals surface area (Å²) in [4.78, 5) is 11.7. The molecule has 1 amide bonds. The zero-order chi connectivity index (χ0) is 13.1. The lowest BCUT2D eigenvalue weighted by Gasteiger charge is -2.18. The van der Waals surface area contributed by atoms with E-state index in [-0.39, 0.29) is 23.1 Å². The molecule has 0 saturated carbocycles. The minimum absolute atomic E-state index is 0.0424. The fourth-order valence-corrected chi connectivity index (χ4v) is 1.18. The van der Waals surface area contributed by atoms with E-state index in [9.17, 15) is 4.79 Å². The van der Waals surface area contributed by atoms with Crippen molar-refractivity contribution in [2.24, 2.45) is 5.73 Å². The molecule has 0 aromatic carbocycles. The number of nitrogens with two attached hydrogens (primary N) is 1. The molecule has 1 heterocycles. The second-order valence-electron chi connectivity index (χ2n) is 4.47. The van der Waals surface area contributed by atoms with Crippen molar-refractivity contribution in [3.05, 3.63) is 11.8 Å². The number of thiocarbonyl (C=S) groups is 1. The van der Waals surface area contributed by atoms with Crippen molar-refractivity contribution in [1.82, 2.24) is 10.2 Å². The van der Waals surface area contributed by atoms with Gasteiger partial charge in [-0.1, -0.05) is 12.2 Å². The van der Waals surface area contributed by atoms with Gasteiger partial charge in [0.05, 0.1) is 17.4 Å². The van der Waals surface area contributed by atoms with E-state index in [1.807, 2.05) is 20.8 Å². The van der Waals surface area contributed by atoms with E-state index in [0.717, 1.165) is 0 Å². The number of amides is 1. The molecule has 0 unspecified atom stereocenters. The van der Waals surface area contributed by atoms with Crippen LogP contribution in [0.2, 0.25) is 0 Å². The lowest BCUT2D eigenvalue weighted by molar-refractivity contribution is -0.125. The molecule has 0 saturated heterocycles. The number of ether oxygens (including phenoxy) is 1. The first kappa shape index (κ1) is 13.6. The van der Waals surface area contributed by atoms with Crippen LogP contribution in [0.3, 0.4) is 0 Å². The number of rotatable bonds is 4. The average molecular weight is 256 g/mol. The molecular formula is C10H16N4O2S. The molecule has 0 bridgehead atoms. The Balaban J connectivity index is 2.57. The summed E-state index contributed by atoms with van der Waals surface area (Å²) < 4.78 is 5.33. The van der Waals surface area contributed by atoms with E-state index in [1.165, 1.54) is 6.20 Å². The van der Waals surface area contributed by atoms with E-state index >= 15 is 0 Å². The first-order valence-corrected chi connectivity index (χ1v) is 5.47. The quantitative estimate of drug-likeness (QED) is 0.693. The Bertz CT molecular complexity index is 422. The van der Waals surface area contributed by atoms with Gasteiger partial charge in [0, 0.05) is 0 Å². The first-order chi connectivity index (χ1) is 7.79. The van der Waals surface area contributed by atoms with Gasteiger partial charge in [-0.3, -0.25) is 9.89 Å². The Morgan fingerprint density at radius 2 is 2.29 bits per heavy atom. The van der Waals surface area contributed by atoms with E-state index in [4.69, 9.17) is 22.7 Å². The van der Waals surface area contributed by atoms with Gasteiger partial charge in [0.25, 0.3) is 5.91 Å². The highest BCUT2D eigenvalue weighted by Gasteiger charge is 2.15. The van der Waals surface area contributed by atoms with Crippen LogP contribution in [0, 0.1) is 0 Å². The number of anilines is 1. The highest BCUT2D eigenvalue weighted by molar-refractivity contribution is 7.80. The largest absolute Gasteiger partial charge is 0.389 e. The summed E-state index contributed by atoms with van der Waals surface area (Å²) >= 11 is 4.82. The predicted octanol–water partition coefficient (Wildman–Crippen LogP) is 0.797. The Morgan fingerprint density at radius 3 is 2.82 bits per heavy atom. The number of nitrogens with zero attached hydrogens (tertiary/aromatic N) is 1. The van der Waals surface area contributed by atoms with E-state index in [1.54, 1.807) is 0 Å². The van der Waals surface area contributed by atoms with Gasteiger partial charge in [-0.05, 0) is 20.8 Å². The molecule has 1 aromatic heterocycles. The number of nitrogens with one attached hydrogen (secondary N) is 2. The standard InChI is InChI=1S/C10H16N4O2S/c1-10(2,3)16-5-7(15)13-9-6(8(11)17)4-12-14-9/h4H,5H2,1-3H3,(H2,11,17)(H2,12,13,14,15). The lowest BCUT2D eigenvalue weighted by Crippen LogP contribution is -2.27. The maximum atomic E-state index is 11.6. The van der Waals surface area contributed by atoms with Crippen molar-refractivity contribution in [2.75, 3.05) is 11.9 Å². The van der Waals surface area contributed by atoms with Crippen LogP contribution in [0.5, 0.6) is 0 Å². The maximum absolute atomic E-state index is 11.6. The molecular weight excluding hydrogens is 240 g/mol. The van der Waals surface area contributed by atoms with Gasteiger partial charge in [-0.25, -0.2) is 0 Å². The van der Waals surface area contributed by atoms with Crippen molar-refractivity contribution in [3.8, 4) is 0 Å². The fourth-order valence-electron chi connectivity index (χ4n) is 1.03. The van der Waals surface area contributed by atoms with Crippen LogP contribution in [0.15, 0.2) is 6.20 Å². The number of hydrogen-bond acceptors (Lipinski definition) is 4. The van der Waals surface area contributed by atoms with Crippen LogP contribution in [-0.2, 0) is 9.53 Å². The van der Waals surface area contributed by atoms with Crippen LogP contribution in [0.4, 0.5) is 5.82 Å². The molecule has 1 rings (SSSR count). The Morgan fingerprint density at radius 1 is 1.65 bits per heavy atom. The normalized spacial score (nSPS) is 11.2. The molecule has 6 nitrogen and oxygen atoms in total. The smallest absolute Gasteiger partial charge is 0.251 e. The van der Waals surface area contributed by atoms with E-state index in [0.29, 0.717) is 11.4 Å². The van der Waals surface area contributed by atoms with Crippen molar-refractivity contribution in [1.29, 1.82) is 0 Å². The second kappa shape index (κ2) is 5.24. The average Bonchev–Trinajstić information content (AvgIpc) is 2.62. The van der Waals surface area contributed by atoms with Crippen LogP contribution in [0.1, 0.15) is 26.3 Å². The summed E-state index contributed by atoms with van der Waals surface area (Å²) in [6.45, 7) is 5.57. The van der Waals surface area contributed by atoms with Crippen molar-refractivity contribution < 1.29 is 9.53 Å². The molecule has 7 heteroatoms. The number of carbonyl (C=O) groups is 1. The summed E-state index contributed by atoms with van der Waals surface area (Å²) in [5.41, 5.74) is 5.61. The van der Waals surface area contributed by atoms with Crippen molar-refractivity contribution in [2.45, 2.75) is 26.4 Å². The van der Waals surface area contributed by atoms with Gasteiger partial charge in [0.15, 0.2) is 0 Å². The van der Waals surface area contributed by atoms with Gasteiger partial charge in [0.1, 0.15) is 17.4 Å². The lowest BCUT2D eigenvalue weighted by atomic mass is 10.2. The molecule has 17 heavy (non-hydrogen) atoms. The molecule has 0 aliphatic rings. The third-order valence-corrected chi connectivity index (χ3v) is 2.03. The molecule has 0 spiro atoms. The Hall–Kier alpha value is -1.47. The third kappa shape index (κ3) is 4.49. The second-order valence-corrected chi connectivity index (χ2v) is 4.91. The van der Waals surface area contributed by atoms with E-state index < -0.39 is 0 Å². The van der Waals surface area contributed by atoms with Crippen molar-refractivity contribution in [3.63, 3.8) is 0 Å². The number of carbonyl (C=O) groups excluding carboxylic acids is 1. The fraction of sp³-hybridized carbons (Fsp3) is 0.500. The minimum atomic E-state index is -0.364. The molecule has 1 aromatic rings. The minimum Gasteiger partial charge on any atom is -0.389 e. The van der Waals surface area contributed by atoms with Gasteiger partial charge >= 0.3 is 0 Å². The van der Waals surface area contributed by atoms with Gasteiger partial charge < -0.3 is 15.8 Å². The van der Waals surface area contributed by atoms with Crippen LogP contribution in [0.25, 0.3) is 0 Å². The molecule has 0 aliphatic heterocycles. The Kier molecular flexibility index (Phi) is 4.19. The van der Waals surface area contributed by atoms with Gasteiger partial charge in [0.2, 0.25) is 0 Å². The summed E-state index contributed by atoms with van der Waals surface area (Å²) in [6, 6.07) is 0. The molecule has 0 fully saturated rings. The summed E-state index contributed by atoms with van der Waals surface area (Å²) in [6.07, 6.45) is 1.46. The number of hydrogen-bond donors (Lipinski definition) is 3. The third-order valence-electron chi connectivity index (χ3n) is 1.81. The Labute approximate surface area is 105 Å². The predicted molar refractivity (Wildman–Crippen MR) is 68.8 cm³/mol. The topological polar surface area (TPSA) is 93.0 Å². The van der Waals surface area contributed by atoms with Crippen LogP contribution >= 0.6 is 12.2 Å². The van der Waals surface area contributed by atoms with Gasteiger partial charge in [-0.2, -0.15) is 5.10 Å². The zero-order valence-electron chi connectivity index (χ0n) is 10.0.